The number of carbonyl (C=O) groups is 1. The highest BCUT2D eigenvalue weighted by Crippen LogP contribution is 2.24. The second-order valence-corrected chi connectivity index (χ2v) is 5.28. The van der Waals surface area contributed by atoms with Crippen LogP contribution in [0.5, 0.6) is 11.5 Å². The number of benzene rings is 2. The van der Waals surface area contributed by atoms with E-state index in [0.717, 1.165) is 5.75 Å². The molecule has 110 valence electrons. The Morgan fingerprint density at radius 2 is 1.73 bits per heavy atom. The van der Waals surface area contributed by atoms with E-state index in [1.165, 1.54) is 0 Å². The summed E-state index contributed by atoms with van der Waals surface area (Å²) in [7, 11) is 0. The van der Waals surface area contributed by atoms with Crippen molar-refractivity contribution in [3.63, 3.8) is 0 Å². The number of amides is 1. The van der Waals surface area contributed by atoms with Crippen LogP contribution in [0.25, 0.3) is 0 Å². The lowest BCUT2D eigenvalue weighted by molar-refractivity contribution is 0.0995. The lowest BCUT2D eigenvalue weighted by Gasteiger charge is -2.08. The molecule has 0 saturated carbocycles. The van der Waals surface area contributed by atoms with Gasteiger partial charge in [-0.25, -0.2) is 0 Å². The van der Waals surface area contributed by atoms with Crippen molar-refractivity contribution in [3.05, 3.63) is 77.2 Å². The fourth-order valence-corrected chi connectivity index (χ4v) is 2.20. The summed E-state index contributed by atoms with van der Waals surface area (Å²) in [4.78, 5) is 12.0. The van der Waals surface area contributed by atoms with Crippen LogP contribution in [0.1, 0.15) is 10.6 Å². The highest BCUT2D eigenvalue weighted by atomic mass is 79.9. The molecule has 5 heteroatoms. The van der Waals surface area contributed by atoms with Crippen LogP contribution in [-0.2, 0) is 0 Å². The first-order chi connectivity index (χ1) is 10.7. The molecule has 3 aromatic rings. The second kappa shape index (κ2) is 6.49. The minimum Gasteiger partial charge on any atom is -0.457 e. The summed E-state index contributed by atoms with van der Waals surface area (Å²) >= 11 is 3.17. The van der Waals surface area contributed by atoms with E-state index in [1.807, 2.05) is 42.5 Å². The molecule has 0 bridgehead atoms. The van der Waals surface area contributed by atoms with Crippen LogP contribution in [0.15, 0.2) is 75.8 Å². The molecule has 0 aliphatic carbocycles. The van der Waals surface area contributed by atoms with Gasteiger partial charge >= 0.3 is 0 Å². The second-order valence-electron chi connectivity index (χ2n) is 4.50. The Hall–Kier alpha value is -2.53. The summed E-state index contributed by atoms with van der Waals surface area (Å²) in [6.45, 7) is 0. The van der Waals surface area contributed by atoms with E-state index in [2.05, 4.69) is 21.2 Å². The normalized spacial score (nSPS) is 10.2. The van der Waals surface area contributed by atoms with Gasteiger partial charge in [0, 0.05) is 11.8 Å². The summed E-state index contributed by atoms with van der Waals surface area (Å²) in [6, 6.07) is 19.9. The molecule has 0 radical (unpaired) electrons. The van der Waals surface area contributed by atoms with Crippen molar-refractivity contribution < 1.29 is 13.9 Å². The molecule has 0 fully saturated rings. The minimum absolute atomic E-state index is 0.237. The van der Waals surface area contributed by atoms with Gasteiger partial charge in [0.05, 0.1) is 0 Å². The maximum absolute atomic E-state index is 12.0. The average Bonchev–Trinajstić information content (AvgIpc) is 2.95. The molecular weight excluding hydrogens is 346 g/mol. The lowest BCUT2D eigenvalue weighted by atomic mass is 10.3. The SMILES string of the molecule is O=C(Nc1cccc(Oc2ccccc2)c1)c1ccc(Br)o1. The number of ether oxygens (including phenoxy) is 1. The van der Waals surface area contributed by atoms with E-state index in [4.69, 9.17) is 9.15 Å². The average molecular weight is 358 g/mol. The van der Waals surface area contributed by atoms with Gasteiger partial charge in [0.15, 0.2) is 10.4 Å². The molecule has 3 rings (SSSR count). The van der Waals surface area contributed by atoms with Crippen molar-refractivity contribution in [1.29, 1.82) is 0 Å². The van der Waals surface area contributed by atoms with Gasteiger partial charge in [0.25, 0.3) is 5.91 Å². The van der Waals surface area contributed by atoms with Crippen LogP contribution < -0.4 is 10.1 Å². The van der Waals surface area contributed by atoms with Gasteiger partial charge in [-0.15, -0.1) is 0 Å². The fraction of sp³-hybridized carbons (Fsp3) is 0. The van der Waals surface area contributed by atoms with Gasteiger partial charge in [-0.2, -0.15) is 0 Å². The quantitative estimate of drug-likeness (QED) is 0.707. The number of carbonyl (C=O) groups excluding carboxylic acids is 1. The number of furan rings is 1. The Morgan fingerprint density at radius 3 is 2.45 bits per heavy atom. The molecule has 0 spiro atoms. The summed E-state index contributed by atoms with van der Waals surface area (Å²) in [6.07, 6.45) is 0. The molecule has 0 aliphatic rings. The maximum Gasteiger partial charge on any atom is 0.291 e. The number of para-hydroxylation sites is 1. The van der Waals surface area contributed by atoms with Crippen molar-refractivity contribution >= 4 is 27.5 Å². The first kappa shape index (κ1) is 14.4. The van der Waals surface area contributed by atoms with Crippen molar-refractivity contribution in [2.24, 2.45) is 0 Å². The van der Waals surface area contributed by atoms with Crippen molar-refractivity contribution in [3.8, 4) is 11.5 Å². The Kier molecular flexibility index (Phi) is 4.25. The number of anilines is 1. The largest absolute Gasteiger partial charge is 0.457 e. The van der Waals surface area contributed by atoms with Crippen LogP contribution in [-0.4, -0.2) is 5.91 Å². The van der Waals surface area contributed by atoms with Gasteiger partial charge in [0.2, 0.25) is 0 Å². The molecule has 4 nitrogen and oxygen atoms in total. The van der Waals surface area contributed by atoms with Gasteiger partial charge < -0.3 is 14.5 Å². The summed E-state index contributed by atoms with van der Waals surface area (Å²) < 4.78 is 11.5. The lowest BCUT2D eigenvalue weighted by Crippen LogP contribution is -2.10. The van der Waals surface area contributed by atoms with Crippen LogP contribution in [0.3, 0.4) is 0 Å². The third kappa shape index (κ3) is 3.56. The number of hydrogen-bond donors (Lipinski definition) is 1. The van der Waals surface area contributed by atoms with Gasteiger partial charge in [-0.3, -0.25) is 4.79 Å². The molecular formula is C17H12BrNO3. The number of nitrogens with one attached hydrogen (secondary N) is 1. The van der Waals surface area contributed by atoms with E-state index < -0.39 is 0 Å². The molecule has 1 amide bonds. The third-order valence-corrected chi connectivity index (χ3v) is 3.29. The Balaban J connectivity index is 1.72. The van der Waals surface area contributed by atoms with E-state index in [-0.39, 0.29) is 11.7 Å². The third-order valence-electron chi connectivity index (χ3n) is 2.87. The Morgan fingerprint density at radius 1 is 0.955 bits per heavy atom. The highest BCUT2D eigenvalue weighted by Gasteiger charge is 2.11. The van der Waals surface area contributed by atoms with Crippen molar-refractivity contribution in [2.45, 2.75) is 0 Å². The molecule has 0 saturated heterocycles. The monoisotopic (exact) mass is 357 g/mol. The first-order valence-corrected chi connectivity index (χ1v) is 7.40. The Bertz CT molecular complexity index is 783. The van der Waals surface area contributed by atoms with Gasteiger partial charge in [-0.05, 0) is 52.3 Å². The van der Waals surface area contributed by atoms with Crippen LogP contribution in [0.2, 0.25) is 0 Å². The molecule has 1 heterocycles. The van der Waals surface area contributed by atoms with Crippen molar-refractivity contribution in [2.75, 3.05) is 5.32 Å². The predicted octanol–water partition coefficient (Wildman–Crippen LogP) is 5.09. The van der Waals surface area contributed by atoms with E-state index in [9.17, 15) is 4.79 Å². The highest BCUT2D eigenvalue weighted by molar-refractivity contribution is 9.10. The predicted molar refractivity (Wildman–Crippen MR) is 87.3 cm³/mol. The molecule has 0 aliphatic heterocycles. The zero-order valence-corrected chi connectivity index (χ0v) is 13.0. The van der Waals surface area contributed by atoms with Crippen LogP contribution in [0.4, 0.5) is 5.69 Å². The number of rotatable bonds is 4. The molecule has 22 heavy (non-hydrogen) atoms. The summed E-state index contributed by atoms with van der Waals surface area (Å²) in [5.74, 6) is 1.30. The Labute approximate surface area is 135 Å². The summed E-state index contributed by atoms with van der Waals surface area (Å²) in [5.41, 5.74) is 0.631. The minimum atomic E-state index is -0.317. The zero-order chi connectivity index (χ0) is 15.4. The van der Waals surface area contributed by atoms with E-state index in [1.54, 1.807) is 24.3 Å². The molecule has 2 aromatic carbocycles. The maximum atomic E-state index is 12.0. The smallest absolute Gasteiger partial charge is 0.291 e. The number of hydrogen-bond acceptors (Lipinski definition) is 3. The number of halogens is 1. The van der Waals surface area contributed by atoms with Gasteiger partial charge in [-0.1, -0.05) is 24.3 Å². The zero-order valence-electron chi connectivity index (χ0n) is 11.5. The summed E-state index contributed by atoms with van der Waals surface area (Å²) in [5, 5.41) is 2.76. The molecule has 1 N–H and O–H groups in total. The standard InChI is InChI=1S/C17H12BrNO3/c18-16-10-9-15(22-16)17(20)19-12-5-4-8-14(11-12)21-13-6-2-1-3-7-13/h1-11H,(H,19,20). The van der Waals surface area contributed by atoms with Gasteiger partial charge in [0.1, 0.15) is 11.5 Å². The molecule has 0 unspecified atom stereocenters. The topological polar surface area (TPSA) is 51.5 Å². The van der Waals surface area contributed by atoms with E-state index in [0.29, 0.717) is 16.1 Å². The molecule has 0 atom stereocenters. The fourth-order valence-electron chi connectivity index (χ4n) is 1.89. The first-order valence-electron chi connectivity index (χ1n) is 6.60. The van der Waals surface area contributed by atoms with Crippen LogP contribution >= 0.6 is 15.9 Å². The van der Waals surface area contributed by atoms with E-state index >= 15 is 0 Å². The molecule has 1 aromatic heterocycles. The van der Waals surface area contributed by atoms with Crippen LogP contribution in [0, 0.1) is 0 Å². The van der Waals surface area contributed by atoms with Crippen molar-refractivity contribution in [1.82, 2.24) is 0 Å².